The Balaban J connectivity index is 2.71. The number of methoxy groups -OCH3 is 1. The molecule has 0 saturated heterocycles. The van der Waals surface area contributed by atoms with E-state index in [4.69, 9.17) is 4.74 Å². The van der Waals surface area contributed by atoms with E-state index in [0.29, 0.717) is 18.4 Å². The van der Waals surface area contributed by atoms with E-state index in [0.717, 1.165) is 0 Å². The highest BCUT2D eigenvalue weighted by Crippen LogP contribution is 2.22. The van der Waals surface area contributed by atoms with Crippen LogP contribution in [-0.2, 0) is 16.0 Å². The van der Waals surface area contributed by atoms with E-state index in [-0.39, 0.29) is 18.8 Å². The minimum Gasteiger partial charge on any atom is -0.488 e. The van der Waals surface area contributed by atoms with E-state index in [2.05, 4.69) is 4.74 Å². The number of aliphatic hydroxyl groups is 1. The molecule has 0 amide bonds. The molecule has 0 aliphatic rings. The Kier molecular flexibility index (Phi) is 5.95. The topological polar surface area (TPSA) is 55.8 Å². The third-order valence-electron chi connectivity index (χ3n) is 3.38. The number of carbonyl (C=O) groups is 1. The van der Waals surface area contributed by atoms with E-state index in [1.807, 2.05) is 13.8 Å². The van der Waals surface area contributed by atoms with Gasteiger partial charge in [0.1, 0.15) is 6.61 Å². The van der Waals surface area contributed by atoms with Crippen LogP contribution in [-0.4, -0.2) is 30.4 Å². The number of hydrogen-bond donors (Lipinski definition) is 1. The van der Waals surface area contributed by atoms with Gasteiger partial charge in [-0.25, -0.2) is 4.39 Å². The first-order chi connectivity index (χ1) is 9.44. The van der Waals surface area contributed by atoms with Crippen molar-refractivity contribution in [3.8, 4) is 5.75 Å². The van der Waals surface area contributed by atoms with E-state index in [1.54, 1.807) is 6.07 Å². The van der Waals surface area contributed by atoms with Gasteiger partial charge in [-0.05, 0) is 30.5 Å². The molecule has 0 heterocycles. The molecule has 1 rings (SSSR count). The average Bonchev–Trinajstić information content (AvgIpc) is 2.46. The summed E-state index contributed by atoms with van der Waals surface area (Å²) in [4.78, 5) is 11.1. The predicted octanol–water partition coefficient (Wildman–Crippen LogP) is 2.47. The van der Waals surface area contributed by atoms with Crippen LogP contribution < -0.4 is 4.74 Å². The van der Waals surface area contributed by atoms with Gasteiger partial charge in [0, 0.05) is 0 Å². The molecule has 0 fully saturated rings. The molecular weight excluding hydrogens is 263 g/mol. The Morgan fingerprint density at radius 1 is 1.35 bits per heavy atom. The third kappa shape index (κ3) is 4.49. The maximum Gasteiger partial charge on any atom is 0.309 e. The summed E-state index contributed by atoms with van der Waals surface area (Å²) in [5.74, 6) is -0.913. The van der Waals surface area contributed by atoms with E-state index in [1.165, 1.54) is 19.2 Å². The molecule has 0 atom stereocenters. The summed E-state index contributed by atoms with van der Waals surface area (Å²) in [6.07, 6.45) is 1.08. The SMILES string of the molecule is CCC(O)(CC)COc1ccc(CC(=O)OC)cc1F. The largest absolute Gasteiger partial charge is 0.488 e. The zero-order valence-corrected chi connectivity index (χ0v) is 12.1. The Morgan fingerprint density at radius 3 is 2.50 bits per heavy atom. The first-order valence-electron chi connectivity index (χ1n) is 6.64. The molecule has 0 bridgehead atoms. The number of rotatable bonds is 7. The van der Waals surface area contributed by atoms with Crippen LogP contribution in [0.15, 0.2) is 18.2 Å². The second kappa shape index (κ2) is 7.24. The van der Waals surface area contributed by atoms with Crippen molar-refractivity contribution >= 4 is 5.97 Å². The maximum absolute atomic E-state index is 13.8. The molecule has 1 N–H and O–H groups in total. The zero-order chi connectivity index (χ0) is 15.2. The fourth-order valence-corrected chi connectivity index (χ4v) is 1.68. The van der Waals surface area contributed by atoms with Gasteiger partial charge >= 0.3 is 5.97 Å². The van der Waals surface area contributed by atoms with Crippen LogP contribution in [0, 0.1) is 5.82 Å². The van der Waals surface area contributed by atoms with Crippen molar-refractivity contribution in [1.82, 2.24) is 0 Å². The molecule has 4 nitrogen and oxygen atoms in total. The summed E-state index contributed by atoms with van der Waals surface area (Å²) in [5, 5.41) is 10.1. The Hall–Kier alpha value is -1.62. The second-order valence-corrected chi connectivity index (χ2v) is 4.74. The average molecular weight is 284 g/mol. The molecule has 0 aliphatic heterocycles. The summed E-state index contributed by atoms with van der Waals surface area (Å²) in [6.45, 7) is 3.73. The molecular formula is C15H21FO4. The third-order valence-corrected chi connectivity index (χ3v) is 3.38. The molecule has 0 saturated carbocycles. The number of carbonyl (C=O) groups excluding carboxylic acids is 1. The fraction of sp³-hybridized carbons (Fsp3) is 0.533. The molecule has 5 heteroatoms. The standard InChI is InChI=1S/C15H21FO4/c1-4-15(18,5-2)10-20-13-7-6-11(8-12(13)16)9-14(17)19-3/h6-8,18H,4-5,9-10H2,1-3H3. The summed E-state index contributed by atoms with van der Waals surface area (Å²) in [6, 6.07) is 4.30. The molecule has 0 aromatic heterocycles. The number of esters is 1. The number of ether oxygens (including phenoxy) is 2. The smallest absolute Gasteiger partial charge is 0.309 e. The van der Waals surface area contributed by atoms with Gasteiger partial charge in [0.05, 0.1) is 19.1 Å². The molecule has 0 unspecified atom stereocenters. The summed E-state index contributed by atoms with van der Waals surface area (Å²) < 4.78 is 23.7. The van der Waals surface area contributed by atoms with Gasteiger partial charge in [-0.2, -0.15) is 0 Å². The van der Waals surface area contributed by atoms with E-state index < -0.39 is 17.4 Å². The second-order valence-electron chi connectivity index (χ2n) is 4.74. The summed E-state index contributed by atoms with van der Waals surface area (Å²) >= 11 is 0. The first-order valence-corrected chi connectivity index (χ1v) is 6.64. The highest BCUT2D eigenvalue weighted by molar-refractivity contribution is 5.72. The quantitative estimate of drug-likeness (QED) is 0.781. The van der Waals surface area contributed by atoms with Crippen molar-refractivity contribution in [3.63, 3.8) is 0 Å². The Morgan fingerprint density at radius 2 is 2.00 bits per heavy atom. The number of benzene rings is 1. The van der Waals surface area contributed by atoms with Gasteiger partial charge in [-0.15, -0.1) is 0 Å². The molecule has 1 aromatic carbocycles. The van der Waals surface area contributed by atoms with Crippen LogP contribution in [0.2, 0.25) is 0 Å². The van der Waals surface area contributed by atoms with Crippen molar-refractivity contribution in [2.24, 2.45) is 0 Å². The van der Waals surface area contributed by atoms with Crippen molar-refractivity contribution in [2.45, 2.75) is 38.7 Å². The summed E-state index contributed by atoms with van der Waals surface area (Å²) in [7, 11) is 1.28. The van der Waals surface area contributed by atoms with Crippen LogP contribution in [0.4, 0.5) is 4.39 Å². The van der Waals surface area contributed by atoms with Crippen LogP contribution >= 0.6 is 0 Å². The molecule has 0 radical (unpaired) electrons. The summed E-state index contributed by atoms with van der Waals surface area (Å²) in [5.41, 5.74) is -0.431. The lowest BCUT2D eigenvalue weighted by Crippen LogP contribution is -2.34. The normalized spacial score (nSPS) is 11.2. The van der Waals surface area contributed by atoms with Gasteiger partial charge in [0.2, 0.25) is 0 Å². The highest BCUT2D eigenvalue weighted by Gasteiger charge is 2.23. The Bertz CT molecular complexity index is 455. The van der Waals surface area contributed by atoms with E-state index in [9.17, 15) is 14.3 Å². The molecule has 20 heavy (non-hydrogen) atoms. The minimum absolute atomic E-state index is 0.0154. The number of hydrogen-bond acceptors (Lipinski definition) is 4. The van der Waals surface area contributed by atoms with Crippen LogP contribution in [0.3, 0.4) is 0 Å². The zero-order valence-electron chi connectivity index (χ0n) is 12.1. The van der Waals surface area contributed by atoms with Gasteiger partial charge in [-0.1, -0.05) is 19.9 Å². The molecule has 1 aromatic rings. The van der Waals surface area contributed by atoms with Crippen LogP contribution in [0.25, 0.3) is 0 Å². The van der Waals surface area contributed by atoms with Crippen molar-refractivity contribution in [2.75, 3.05) is 13.7 Å². The maximum atomic E-state index is 13.8. The van der Waals surface area contributed by atoms with Gasteiger partial charge in [0.25, 0.3) is 0 Å². The van der Waals surface area contributed by atoms with Gasteiger partial charge in [0.15, 0.2) is 11.6 Å². The van der Waals surface area contributed by atoms with Gasteiger partial charge in [-0.3, -0.25) is 4.79 Å². The highest BCUT2D eigenvalue weighted by atomic mass is 19.1. The van der Waals surface area contributed by atoms with Gasteiger partial charge < -0.3 is 14.6 Å². The molecule has 112 valence electrons. The monoisotopic (exact) mass is 284 g/mol. The van der Waals surface area contributed by atoms with Crippen LogP contribution in [0.5, 0.6) is 5.75 Å². The van der Waals surface area contributed by atoms with Crippen molar-refractivity contribution in [3.05, 3.63) is 29.6 Å². The lowest BCUT2D eigenvalue weighted by Gasteiger charge is -2.25. The fourth-order valence-electron chi connectivity index (χ4n) is 1.68. The predicted molar refractivity (Wildman–Crippen MR) is 73.1 cm³/mol. The minimum atomic E-state index is -0.947. The van der Waals surface area contributed by atoms with Crippen molar-refractivity contribution in [1.29, 1.82) is 0 Å². The lowest BCUT2D eigenvalue weighted by molar-refractivity contribution is -0.139. The Labute approximate surface area is 118 Å². The lowest BCUT2D eigenvalue weighted by atomic mass is 9.99. The van der Waals surface area contributed by atoms with E-state index >= 15 is 0 Å². The van der Waals surface area contributed by atoms with Crippen molar-refractivity contribution < 1.29 is 23.8 Å². The van der Waals surface area contributed by atoms with Crippen LogP contribution in [0.1, 0.15) is 32.3 Å². The number of halogens is 1. The first kappa shape index (κ1) is 16.4. The molecule has 0 spiro atoms. The molecule has 0 aliphatic carbocycles.